The number of benzene rings is 1. The Morgan fingerprint density at radius 1 is 1.33 bits per heavy atom. The van der Waals surface area contributed by atoms with Crippen molar-refractivity contribution in [2.45, 2.75) is 0 Å². The molecule has 3 heteroatoms. The van der Waals surface area contributed by atoms with Gasteiger partial charge >= 0.3 is 0 Å². The number of hydrogen-bond donors (Lipinski definition) is 0. The average molecular weight is 158 g/mol. The number of aldehydes is 1. The smallest absolute Gasteiger partial charge is 0.150 e. The molecule has 0 N–H and O–H groups in total. The average Bonchev–Trinajstić information content (AvgIpc) is 2.17. The zero-order valence-electron chi connectivity index (χ0n) is 6.27. The Labute approximate surface area is 69.1 Å². The van der Waals surface area contributed by atoms with Gasteiger partial charge in [-0.1, -0.05) is 12.1 Å². The van der Waals surface area contributed by atoms with E-state index in [1.165, 1.54) is 6.33 Å². The molecule has 0 aliphatic carbocycles. The third-order valence-corrected chi connectivity index (χ3v) is 1.71. The second-order valence-corrected chi connectivity index (χ2v) is 2.42. The number of nitrogens with zero attached hydrogens (tertiary/aromatic N) is 2. The van der Waals surface area contributed by atoms with E-state index in [-0.39, 0.29) is 0 Å². The molecule has 0 fully saturated rings. The highest BCUT2D eigenvalue weighted by Crippen LogP contribution is 2.12. The van der Waals surface area contributed by atoms with Gasteiger partial charge in [-0.05, 0) is 6.07 Å². The molecule has 0 radical (unpaired) electrons. The normalized spacial score (nSPS) is 10.0. The summed E-state index contributed by atoms with van der Waals surface area (Å²) in [5.41, 5.74) is 1.43. The molecule has 0 spiro atoms. The van der Waals surface area contributed by atoms with Crippen LogP contribution in [0.3, 0.4) is 0 Å². The lowest BCUT2D eigenvalue weighted by atomic mass is 10.1. The van der Waals surface area contributed by atoms with E-state index in [2.05, 4.69) is 9.97 Å². The van der Waals surface area contributed by atoms with Crippen molar-refractivity contribution >= 4 is 17.2 Å². The Morgan fingerprint density at radius 3 is 3.08 bits per heavy atom. The van der Waals surface area contributed by atoms with Crippen LogP contribution in [0.15, 0.2) is 30.7 Å². The molecular weight excluding hydrogens is 152 g/mol. The number of carbonyl (C=O) groups excluding carboxylic acids is 1. The summed E-state index contributed by atoms with van der Waals surface area (Å²) >= 11 is 0. The van der Waals surface area contributed by atoms with Gasteiger partial charge in [0, 0.05) is 17.1 Å². The van der Waals surface area contributed by atoms with Crippen LogP contribution in [0.1, 0.15) is 10.4 Å². The quantitative estimate of drug-likeness (QED) is 0.590. The summed E-state index contributed by atoms with van der Waals surface area (Å²) in [5, 5.41) is 0.801. The third-order valence-electron chi connectivity index (χ3n) is 1.71. The van der Waals surface area contributed by atoms with Gasteiger partial charge < -0.3 is 0 Å². The molecule has 12 heavy (non-hydrogen) atoms. The van der Waals surface area contributed by atoms with E-state index >= 15 is 0 Å². The summed E-state index contributed by atoms with van der Waals surface area (Å²) in [7, 11) is 0. The maximum Gasteiger partial charge on any atom is 0.150 e. The Balaban J connectivity index is 2.88. The molecule has 0 amide bonds. The molecule has 2 rings (SSSR count). The van der Waals surface area contributed by atoms with Gasteiger partial charge in [0.2, 0.25) is 0 Å². The van der Waals surface area contributed by atoms with Gasteiger partial charge in [-0.2, -0.15) is 0 Å². The van der Waals surface area contributed by atoms with Crippen LogP contribution in [0.4, 0.5) is 0 Å². The predicted molar refractivity (Wildman–Crippen MR) is 44.9 cm³/mol. The molecule has 0 bridgehead atoms. The topological polar surface area (TPSA) is 42.9 Å². The first-order chi connectivity index (χ1) is 5.92. The van der Waals surface area contributed by atoms with Crippen LogP contribution in [0.2, 0.25) is 0 Å². The highest BCUT2D eigenvalue weighted by molar-refractivity contribution is 5.95. The molecule has 58 valence electrons. The van der Waals surface area contributed by atoms with Gasteiger partial charge in [0.25, 0.3) is 0 Å². The number of rotatable bonds is 1. The minimum absolute atomic E-state index is 0.633. The van der Waals surface area contributed by atoms with Crippen molar-refractivity contribution in [3.63, 3.8) is 0 Å². The molecule has 1 aromatic carbocycles. The van der Waals surface area contributed by atoms with Crippen LogP contribution >= 0.6 is 0 Å². The van der Waals surface area contributed by atoms with E-state index in [1.807, 2.05) is 6.07 Å². The van der Waals surface area contributed by atoms with Crippen LogP contribution in [0, 0.1) is 0 Å². The molecule has 3 nitrogen and oxygen atoms in total. The number of carbonyl (C=O) groups is 1. The van der Waals surface area contributed by atoms with Crippen molar-refractivity contribution < 1.29 is 4.79 Å². The zero-order chi connectivity index (χ0) is 8.39. The first kappa shape index (κ1) is 6.91. The van der Waals surface area contributed by atoms with Gasteiger partial charge in [-0.15, -0.1) is 0 Å². The zero-order valence-corrected chi connectivity index (χ0v) is 6.27. The van der Waals surface area contributed by atoms with Crippen LogP contribution < -0.4 is 0 Å². The van der Waals surface area contributed by atoms with Gasteiger partial charge in [0.1, 0.15) is 6.33 Å². The molecule has 2 aromatic rings. The molecule has 1 heterocycles. The van der Waals surface area contributed by atoms with Crippen molar-refractivity contribution in [2.75, 3.05) is 0 Å². The second-order valence-electron chi connectivity index (χ2n) is 2.42. The van der Waals surface area contributed by atoms with Crippen molar-refractivity contribution in [2.24, 2.45) is 0 Å². The van der Waals surface area contributed by atoms with E-state index in [4.69, 9.17) is 0 Å². The van der Waals surface area contributed by atoms with Crippen molar-refractivity contribution in [3.8, 4) is 0 Å². The molecule has 0 aliphatic heterocycles. The Bertz CT molecular complexity index is 420. The highest BCUT2D eigenvalue weighted by atomic mass is 16.1. The molecule has 0 aliphatic rings. The Morgan fingerprint density at radius 2 is 2.25 bits per heavy atom. The minimum atomic E-state index is 0.633. The molecule has 0 atom stereocenters. The second kappa shape index (κ2) is 2.70. The lowest BCUT2D eigenvalue weighted by molar-refractivity contribution is 0.112. The van der Waals surface area contributed by atoms with Crippen LogP contribution in [0.25, 0.3) is 10.9 Å². The first-order valence-electron chi connectivity index (χ1n) is 3.56. The van der Waals surface area contributed by atoms with Crippen LogP contribution in [-0.2, 0) is 0 Å². The highest BCUT2D eigenvalue weighted by Gasteiger charge is 1.98. The SMILES string of the molecule is O=Cc1cccc2ncncc12. The van der Waals surface area contributed by atoms with E-state index in [9.17, 15) is 4.79 Å². The summed E-state index contributed by atoms with van der Waals surface area (Å²) in [6.45, 7) is 0. The van der Waals surface area contributed by atoms with Gasteiger partial charge in [0.05, 0.1) is 5.52 Å². The summed E-state index contributed by atoms with van der Waals surface area (Å²) in [4.78, 5) is 18.4. The fraction of sp³-hybridized carbons (Fsp3) is 0. The lowest BCUT2D eigenvalue weighted by Crippen LogP contribution is -1.86. The third kappa shape index (κ3) is 0.955. The Kier molecular flexibility index (Phi) is 1.55. The number of hydrogen-bond acceptors (Lipinski definition) is 3. The largest absolute Gasteiger partial charge is 0.298 e. The van der Waals surface area contributed by atoms with E-state index < -0.39 is 0 Å². The van der Waals surface area contributed by atoms with Gasteiger partial charge in [-0.25, -0.2) is 9.97 Å². The summed E-state index contributed by atoms with van der Waals surface area (Å²) < 4.78 is 0. The van der Waals surface area contributed by atoms with E-state index in [0.29, 0.717) is 5.56 Å². The molecule has 0 saturated carbocycles. The molecule has 1 aromatic heterocycles. The van der Waals surface area contributed by atoms with E-state index in [0.717, 1.165) is 17.2 Å². The fourth-order valence-electron chi connectivity index (χ4n) is 1.13. The van der Waals surface area contributed by atoms with Crippen molar-refractivity contribution in [3.05, 3.63) is 36.3 Å². The standard InChI is InChI=1S/C9H6N2O/c12-5-7-2-1-3-9-8(7)4-10-6-11-9/h1-6H. The van der Waals surface area contributed by atoms with Crippen LogP contribution in [0.5, 0.6) is 0 Å². The Hall–Kier alpha value is -1.77. The van der Waals surface area contributed by atoms with Gasteiger partial charge in [-0.3, -0.25) is 4.79 Å². The van der Waals surface area contributed by atoms with Crippen LogP contribution in [-0.4, -0.2) is 16.3 Å². The van der Waals surface area contributed by atoms with E-state index in [1.54, 1.807) is 18.3 Å². The number of fused-ring (bicyclic) bond motifs is 1. The summed E-state index contributed by atoms with van der Waals surface area (Å²) in [5.74, 6) is 0. The number of aromatic nitrogens is 2. The van der Waals surface area contributed by atoms with Crippen molar-refractivity contribution in [1.82, 2.24) is 9.97 Å². The minimum Gasteiger partial charge on any atom is -0.298 e. The monoisotopic (exact) mass is 158 g/mol. The predicted octanol–water partition coefficient (Wildman–Crippen LogP) is 1.44. The maximum absolute atomic E-state index is 10.6. The lowest BCUT2D eigenvalue weighted by Gasteiger charge is -1.96. The first-order valence-corrected chi connectivity index (χ1v) is 3.56. The summed E-state index contributed by atoms with van der Waals surface area (Å²) in [6, 6.07) is 5.40. The fourth-order valence-corrected chi connectivity index (χ4v) is 1.13. The van der Waals surface area contributed by atoms with Crippen molar-refractivity contribution in [1.29, 1.82) is 0 Å². The van der Waals surface area contributed by atoms with Gasteiger partial charge in [0.15, 0.2) is 6.29 Å². The molecule has 0 unspecified atom stereocenters. The maximum atomic E-state index is 10.6. The summed E-state index contributed by atoms with van der Waals surface area (Å²) in [6.07, 6.45) is 3.93. The molecule has 0 saturated heterocycles. The molecular formula is C9H6N2O.